The van der Waals surface area contributed by atoms with Gasteiger partial charge in [0.15, 0.2) is 5.76 Å². The third kappa shape index (κ3) is 3.71. The van der Waals surface area contributed by atoms with Gasteiger partial charge in [0.25, 0.3) is 11.6 Å². The second-order valence-electron chi connectivity index (χ2n) is 6.36. The number of alkyl halides is 3. The number of fused-ring (bicyclic) bond motifs is 1. The van der Waals surface area contributed by atoms with Crippen molar-refractivity contribution >= 4 is 17.0 Å². The van der Waals surface area contributed by atoms with Crippen LogP contribution in [0.3, 0.4) is 0 Å². The van der Waals surface area contributed by atoms with Gasteiger partial charge >= 0.3 is 6.18 Å². The number of nitrogens with one attached hydrogen (secondary N) is 1. The van der Waals surface area contributed by atoms with Crippen molar-refractivity contribution in [1.82, 2.24) is 15.5 Å². The van der Waals surface area contributed by atoms with Crippen LogP contribution in [0.2, 0.25) is 0 Å². The predicted octanol–water partition coefficient (Wildman–Crippen LogP) is 4.74. The van der Waals surface area contributed by atoms with Crippen molar-refractivity contribution < 1.29 is 26.9 Å². The highest BCUT2D eigenvalue weighted by molar-refractivity contribution is 6.06. The summed E-state index contributed by atoms with van der Waals surface area (Å²) in [6.07, 6.45) is -2.98. The molecule has 0 bridgehead atoms. The number of nitrogens with zero attached hydrogens (tertiary/aromatic N) is 2. The molecule has 1 N–H and O–H groups in total. The molecule has 0 aliphatic heterocycles. The van der Waals surface area contributed by atoms with Gasteiger partial charge in [0, 0.05) is 6.54 Å². The fourth-order valence-electron chi connectivity index (χ4n) is 2.96. The highest BCUT2D eigenvalue weighted by Gasteiger charge is 2.30. The second kappa shape index (κ2) is 7.08. The van der Waals surface area contributed by atoms with E-state index in [4.69, 9.17) is 8.94 Å². The topological polar surface area (TPSA) is 81.2 Å². The second-order valence-corrected chi connectivity index (χ2v) is 6.36. The Labute approximate surface area is 162 Å². The summed E-state index contributed by atoms with van der Waals surface area (Å²) in [5, 5.41) is 6.92. The molecule has 148 valence electrons. The Hall–Kier alpha value is -3.62. The van der Waals surface area contributed by atoms with Crippen molar-refractivity contribution in [3.05, 3.63) is 71.1 Å². The summed E-state index contributed by atoms with van der Waals surface area (Å²) in [6, 6.07) is 9.69. The Morgan fingerprint density at radius 1 is 1.17 bits per heavy atom. The van der Waals surface area contributed by atoms with E-state index < -0.39 is 17.6 Å². The normalized spacial score (nSPS) is 11.7. The average molecular weight is 401 g/mol. The summed E-state index contributed by atoms with van der Waals surface area (Å²) in [7, 11) is 0. The molecule has 0 fully saturated rings. The van der Waals surface area contributed by atoms with Gasteiger partial charge in [0.05, 0.1) is 28.5 Å². The van der Waals surface area contributed by atoms with Crippen molar-refractivity contribution in [2.45, 2.75) is 19.6 Å². The van der Waals surface area contributed by atoms with Crippen LogP contribution in [0.4, 0.5) is 13.2 Å². The van der Waals surface area contributed by atoms with Gasteiger partial charge in [-0.25, -0.2) is 4.98 Å². The summed E-state index contributed by atoms with van der Waals surface area (Å²) in [6.45, 7) is 1.59. The van der Waals surface area contributed by atoms with Gasteiger partial charge in [0.1, 0.15) is 5.69 Å². The Morgan fingerprint density at radius 3 is 2.72 bits per heavy atom. The molecule has 9 heteroatoms. The number of aryl methyl sites for hydroxylation is 1. The molecule has 1 aromatic carbocycles. The molecule has 0 spiro atoms. The van der Waals surface area contributed by atoms with E-state index >= 15 is 0 Å². The first-order chi connectivity index (χ1) is 13.8. The lowest BCUT2D eigenvalue weighted by Gasteiger charge is -2.10. The van der Waals surface area contributed by atoms with Gasteiger partial charge in [-0.15, -0.1) is 0 Å². The lowest BCUT2D eigenvalue weighted by atomic mass is 10.1. The molecule has 0 unspecified atom stereocenters. The standard InChI is InChI=1S/C20H14F3N3O3/c1-11-17-14(9-15(16-6-3-7-28-16)25-19(17)29-26-11)18(27)24-10-12-4-2-5-13(8-12)20(21,22)23/h2-9H,10H2,1H3,(H,24,27). The predicted molar refractivity (Wildman–Crippen MR) is 96.9 cm³/mol. The van der Waals surface area contributed by atoms with E-state index in [2.05, 4.69) is 15.5 Å². The van der Waals surface area contributed by atoms with Crippen molar-refractivity contribution in [2.75, 3.05) is 0 Å². The van der Waals surface area contributed by atoms with Crippen LogP contribution < -0.4 is 5.32 Å². The lowest BCUT2D eigenvalue weighted by molar-refractivity contribution is -0.137. The molecule has 1 amide bonds. The van der Waals surface area contributed by atoms with Crippen molar-refractivity contribution in [1.29, 1.82) is 0 Å². The SMILES string of the molecule is Cc1noc2nc(-c3ccco3)cc(C(=O)NCc3cccc(C(F)(F)F)c3)c12. The van der Waals surface area contributed by atoms with E-state index in [1.807, 2.05) is 0 Å². The van der Waals surface area contributed by atoms with Crippen molar-refractivity contribution in [3.8, 4) is 11.5 Å². The lowest BCUT2D eigenvalue weighted by Crippen LogP contribution is -2.23. The van der Waals surface area contributed by atoms with Gasteiger partial charge in [-0.3, -0.25) is 4.79 Å². The van der Waals surface area contributed by atoms with Crippen LogP contribution in [0, 0.1) is 6.92 Å². The maximum Gasteiger partial charge on any atom is 0.416 e. The molecule has 0 saturated heterocycles. The highest BCUT2D eigenvalue weighted by Crippen LogP contribution is 2.30. The first-order valence-corrected chi connectivity index (χ1v) is 8.58. The highest BCUT2D eigenvalue weighted by atomic mass is 19.4. The number of rotatable bonds is 4. The Morgan fingerprint density at radius 2 is 2.00 bits per heavy atom. The number of carbonyl (C=O) groups excluding carboxylic acids is 1. The summed E-state index contributed by atoms with van der Waals surface area (Å²) >= 11 is 0. The van der Waals surface area contributed by atoms with Crippen molar-refractivity contribution in [2.24, 2.45) is 0 Å². The number of pyridine rings is 1. The van der Waals surface area contributed by atoms with Crippen LogP contribution in [-0.2, 0) is 12.7 Å². The maximum absolute atomic E-state index is 12.9. The van der Waals surface area contributed by atoms with Crippen molar-refractivity contribution in [3.63, 3.8) is 0 Å². The van der Waals surface area contributed by atoms with Gasteiger partial charge in [-0.05, 0) is 42.8 Å². The first kappa shape index (κ1) is 18.7. The smallest absolute Gasteiger partial charge is 0.416 e. The minimum atomic E-state index is -4.45. The molecule has 0 saturated carbocycles. The Kier molecular flexibility index (Phi) is 4.57. The van der Waals surface area contributed by atoms with Gasteiger partial charge in [-0.1, -0.05) is 17.3 Å². The minimum absolute atomic E-state index is 0.0764. The first-order valence-electron chi connectivity index (χ1n) is 8.58. The van der Waals surface area contributed by atoms with E-state index in [1.54, 1.807) is 19.1 Å². The monoisotopic (exact) mass is 401 g/mol. The zero-order valence-electron chi connectivity index (χ0n) is 15.1. The summed E-state index contributed by atoms with van der Waals surface area (Å²) in [5.41, 5.74) is 0.815. The molecule has 0 aliphatic rings. The molecule has 0 radical (unpaired) electrons. The van der Waals surface area contributed by atoms with Crippen LogP contribution in [0.5, 0.6) is 0 Å². The van der Waals surface area contributed by atoms with Gasteiger partial charge < -0.3 is 14.3 Å². The van der Waals surface area contributed by atoms with E-state index in [1.165, 1.54) is 24.5 Å². The molecule has 4 aromatic rings. The number of halogens is 3. The van der Waals surface area contributed by atoms with Gasteiger partial charge in [-0.2, -0.15) is 13.2 Å². The van der Waals surface area contributed by atoms with Crippen LogP contribution in [0.1, 0.15) is 27.2 Å². The Bertz CT molecular complexity index is 1180. The zero-order chi connectivity index (χ0) is 20.6. The molecule has 0 atom stereocenters. The van der Waals surface area contributed by atoms with E-state index in [0.29, 0.717) is 28.1 Å². The molecular weight excluding hydrogens is 387 g/mol. The Balaban J connectivity index is 1.64. The third-order valence-corrected chi connectivity index (χ3v) is 4.34. The maximum atomic E-state index is 12.9. The molecule has 4 rings (SSSR count). The molecule has 0 aliphatic carbocycles. The minimum Gasteiger partial charge on any atom is -0.463 e. The number of amides is 1. The van der Waals surface area contributed by atoms with E-state index in [-0.39, 0.29) is 17.8 Å². The largest absolute Gasteiger partial charge is 0.463 e. The van der Waals surface area contributed by atoms with E-state index in [0.717, 1.165) is 12.1 Å². The quantitative estimate of drug-likeness (QED) is 0.534. The number of aromatic nitrogens is 2. The zero-order valence-corrected chi connectivity index (χ0v) is 15.1. The average Bonchev–Trinajstić information content (AvgIpc) is 3.35. The van der Waals surface area contributed by atoms with Crippen LogP contribution >= 0.6 is 0 Å². The summed E-state index contributed by atoms with van der Waals surface area (Å²) in [4.78, 5) is 17.1. The van der Waals surface area contributed by atoms with E-state index in [9.17, 15) is 18.0 Å². The van der Waals surface area contributed by atoms with Crippen LogP contribution in [0.25, 0.3) is 22.6 Å². The molecule has 3 aromatic heterocycles. The third-order valence-electron chi connectivity index (χ3n) is 4.34. The summed E-state index contributed by atoms with van der Waals surface area (Å²) < 4.78 is 49.1. The fraction of sp³-hybridized carbons (Fsp3) is 0.150. The molecular formula is C20H14F3N3O3. The number of benzene rings is 1. The number of hydrogen-bond donors (Lipinski definition) is 1. The number of carbonyl (C=O) groups is 1. The summed E-state index contributed by atoms with van der Waals surface area (Å²) in [5.74, 6) is -0.0539. The van der Waals surface area contributed by atoms with Gasteiger partial charge in [0.2, 0.25) is 0 Å². The van der Waals surface area contributed by atoms with Crippen LogP contribution in [-0.4, -0.2) is 16.0 Å². The number of furan rings is 1. The molecule has 6 nitrogen and oxygen atoms in total. The number of hydrogen-bond acceptors (Lipinski definition) is 5. The fourth-order valence-corrected chi connectivity index (χ4v) is 2.96. The molecule has 3 heterocycles. The molecule has 29 heavy (non-hydrogen) atoms. The van der Waals surface area contributed by atoms with Crippen LogP contribution in [0.15, 0.2) is 57.7 Å².